The molecule has 1 aliphatic carbocycles. The maximum atomic E-state index is 14.1. The lowest BCUT2D eigenvalue weighted by Crippen LogP contribution is -2.23. The molecule has 0 aromatic carbocycles. The fourth-order valence-corrected chi connectivity index (χ4v) is 3.60. The van der Waals surface area contributed by atoms with Crippen molar-refractivity contribution < 1.29 is 18.3 Å². The number of ether oxygens (including phenoxy) is 1. The predicted octanol–water partition coefficient (Wildman–Crippen LogP) is 3.42. The molecule has 3 heterocycles. The van der Waals surface area contributed by atoms with E-state index in [-0.39, 0.29) is 23.0 Å². The van der Waals surface area contributed by atoms with E-state index in [4.69, 9.17) is 10.00 Å². The lowest BCUT2D eigenvalue weighted by molar-refractivity contribution is -0.114. The fourth-order valence-electron chi connectivity index (χ4n) is 3.60. The van der Waals surface area contributed by atoms with Gasteiger partial charge in [-0.1, -0.05) is 0 Å². The number of carbonyl (C=O) groups excluding carboxylic acids is 1. The van der Waals surface area contributed by atoms with Crippen molar-refractivity contribution in [1.82, 2.24) is 15.0 Å². The number of nitrogens with zero attached hydrogens (tertiary/aromatic N) is 5. The summed E-state index contributed by atoms with van der Waals surface area (Å²) in [6.07, 6.45) is 2.77. The molecule has 1 N–H and O–H groups in total. The molecule has 1 fully saturated rings. The molecule has 0 saturated heterocycles. The third-order valence-corrected chi connectivity index (χ3v) is 5.20. The summed E-state index contributed by atoms with van der Waals surface area (Å²) in [5.41, 5.74) is 1.64. The van der Waals surface area contributed by atoms with Crippen molar-refractivity contribution in [1.29, 1.82) is 5.26 Å². The zero-order valence-corrected chi connectivity index (χ0v) is 16.7. The lowest BCUT2D eigenvalue weighted by atomic mass is 10.0. The number of amides is 1. The minimum Gasteiger partial charge on any atom is -0.459 e. The first-order valence-electron chi connectivity index (χ1n) is 9.51. The largest absolute Gasteiger partial charge is 0.459 e. The Morgan fingerprint density at radius 3 is 2.73 bits per heavy atom. The van der Waals surface area contributed by atoms with E-state index in [0.29, 0.717) is 19.3 Å². The van der Waals surface area contributed by atoms with Crippen molar-refractivity contribution in [3.05, 3.63) is 29.7 Å². The quantitative estimate of drug-likeness (QED) is 0.799. The van der Waals surface area contributed by atoms with Gasteiger partial charge in [0.25, 0.3) is 0 Å². The first-order valence-corrected chi connectivity index (χ1v) is 9.51. The number of hydrogen-bond acceptors (Lipinski definition) is 7. The number of nitriles is 1. The van der Waals surface area contributed by atoms with Crippen LogP contribution in [-0.2, 0) is 16.1 Å². The van der Waals surface area contributed by atoms with Crippen LogP contribution in [0.1, 0.15) is 45.0 Å². The Hall–Kier alpha value is -3.35. The topological polar surface area (TPSA) is 104 Å². The summed E-state index contributed by atoms with van der Waals surface area (Å²) in [5, 5.41) is 11.6. The first kappa shape index (κ1) is 19.9. The number of fused-ring (bicyclic) bond motifs is 2. The van der Waals surface area contributed by atoms with Gasteiger partial charge >= 0.3 is 5.92 Å². The van der Waals surface area contributed by atoms with Crippen molar-refractivity contribution in [2.45, 2.75) is 51.1 Å². The number of aromatic nitrogens is 3. The van der Waals surface area contributed by atoms with Crippen LogP contribution in [0.2, 0.25) is 0 Å². The van der Waals surface area contributed by atoms with Gasteiger partial charge in [0.15, 0.2) is 6.10 Å². The number of carbonyl (C=O) groups is 1. The molecule has 2 aromatic rings. The molecule has 1 aliphatic heterocycles. The van der Waals surface area contributed by atoms with Crippen molar-refractivity contribution in [2.24, 2.45) is 0 Å². The summed E-state index contributed by atoms with van der Waals surface area (Å²) >= 11 is 0. The standard InChI is InChI=1S/C20H20F2N6O2/c1-11(8-23)30-17-7-16(26-18(27-17)19(3,21)22)28-10-20(4-5-20)13-9-24-15(6-14(13)28)25-12(2)29/h6-7,9,11H,4-5,10H2,1-3H3,(H,24,25,29). The Bertz CT molecular complexity index is 1060. The minimum absolute atomic E-state index is 0.0972. The molecule has 4 rings (SSSR count). The number of hydrogen-bond donors (Lipinski definition) is 1. The number of anilines is 3. The summed E-state index contributed by atoms with van der Waals surface area (Å²) < 4.78 is 33.5. The molecular formula is C20H20F2N6O2. The fraction of sp³-hybridized carbons (Fsp3) is 0.450. The van der Waals surface area contributed by atoms with E-state index in [0.717, 1.165) is 24.1 Å². The molecule has 1 saturated carbocycles. The van der Waals surface area contributed by atoms with Gasteiger partial charge in [-0.15, -0.1) is 0 Å². The highest BCUT2D eigenvalue weighted by Gasteiger charge is 2.53. The van der Waals surface area contributed by atoms with E-state index in [1.165, 1.54) is 19.9 Å². The average molecular weight is 414 g/mol. The number of nitrogens with one attached hydrogen (secondary N) is 1. The Balaban J connectivity index is 1.80. The minimum atomic E-state index is -3.29. The molecule has 156 valence electrons. The van der Waals surface area contributed by atoms with Gasteiger partial charge in [-0.25, -0.2) is 9.97 Å². The predicted molar refractivity (Wildman–Crippen MR) is 104 cm³/mol. The van der Waals surface area contributed by atoms with Crippen LogP contribution in [0.25, 0.3) is 0 Å². The lowest BCUT2D eigenvalue weighted by Gasteiger charge is -2.22. The van der Waals surface area contributed by atoms with Gasteiger partial charge in [0.1, 0.15) is 17.7 Å². The van der Waals surface area contributed by atoms with E-state index in [1.54, 1.807) is 12.3 Å². The Morgan fingerprint density at radius 2 is 2.13 bits per heavy atom. The molecule has 1 atom stereocenters. The molecule has 1 spiro atoms. The second-order valence-corrected chi connectivity index (χ2v) is 7.80. The first-order chi connectivity index (χ1) is 14.1. The van der Waals surface area contributed by atoms with Gasteiger partial charge in [0.2, 0.25) is 17.6 Å². The van der Waals surface area contributed by atoms with Crippen LogP contribution in [0.4, 0.5) is 26.1 Å². The summed E-state index contributed by atoms with van der Waals surface area (Å²) in [7, 11) is 0. The van der Waals surface area contributed by atoms with E-state index in [9.17, 15) is 13.6 Å². The van der Waals surface area contributed by atoms with Crippen molar-refractivity contribution in [3.63, 3.8) is 0 Å². The Kier molecular flexibility index (Phi) is 4.56. The maximum Gasteiger partial charge on any atom is 0.304 e. The average Bonchev–Trinajstić information content (AvgIpc) is 3.37. The highest BCUT2D eigenvalue weighted by atomic mass is 19.3. The SMILES string of the molecule is CC(=O)Nc1cc2c(cn1)C1(CC1)CN2c1cc(OC(C)C#N)nc(C(C)(F)F)n1. The van der Waals surface area contributed by atoms with Gasteiger partial charge in [-0.3, -0.25) is 4.79 Å². The molecular weight excluding hydrogens is 394 g/mol. The molecule has 30 heavy (non-hydrogen) atoms. The van der Waals surface area contributed by atoms with Crippen molar-refractivity contribution >= 4 is 23.2 Å². The van der Waals surface area contributed by atoms with E-state index in [2.05, 4.69) is 20.3 Å². The van der Waals surface area contributed by atoms with Gasteiger partial charge < -0.3 is 15.0 Å². The van der Waals surface area contributed by atoms with Crippen LogP contribution in [-0.4, -0.2) is 33.5 Å². The van der Waals surface area contributed by atoms with E-state index < -0.39 is 17.9 Å². The van der Waals surface area contributed by atoms with Crippen LogP contribution in [0, 0.1) is 11.3 Å². The van der Waals surface area contributed by atoms with Gasteiger partial charge in [-0.2, -0.15) is 19.0 Å². The zero-order valence-electron chi connectivity index (χ0n) is 16.7. The third-order valence-electron chi connectivity index (χ3n) is 5.20. The molecule has 0 bridgehead atoms. The van der Waals surface area contributed by atoms with Crippen LogP contribution >= 0.6 is 0 Å². The normalized spacial score (nSPS) is 17.3. The molecule has 8 nitrogen and oxygen atoms in total. The van der Waals surface area contributed by atoms with Gasteiger partial charge in [0, 0.05) is 49.7 Å². The monoisotopic (exact) mass is 414 g/mol. The second-order valence-electron chi connectivity index (χ2n) is 7.80. The highest BCUT2D eigenvalue weighted by molar-refractivity contribution is 5.89. The summed E-state index contributed by atoms with van der Waals surface area (Å²) in [6, 6.07) is 5.06. The highest BCUT2D eigenvalue weighted by Crippen LogP contribution is 2.58. The third kappa shape index (κ3) is 3.63. The molecule has 1 amide bonds. The van der Waals surface area contributed by atoms with Crippen LogP contribution in [0.5, 0.6) is 5.88 Å². The molecule has 0 radical (unpaired) electrons. The summed E-state index contributed by atoms with van der Waals surface area (Å²) in [5.74, 6) is -3.72. The van der Waals surface area contributed by atoms with Crippen LogP contribution in [0.15, 0.2) is 18.3 Å². The Morgan fingerprint density at radius 1 is 1.40 bits per heavy atom. The molecule has 2 aliphatic rings. The van der Waals surface area contributed by atoms with Gasteiger partial charge in [0.05, 0.1) is 5.69 Å². The molecule has 1 unspecified atom stereocenters. The maximum absolute atomic E-state index is 14.1. The van der Waals surface area contributed by atoms with Gasteiger partial charge in [-0.05, 0) is 19.8 Å². The number of halogens is 2. The Labute approximate surface area is 171 Å². The van der Waals surface area contributed by atoms with Crippen LogP contribution in [0.3, 0.4) is 0 Å². The number of pyridine rings is 1. The summed E-state index contributed by atoms with van der Waals surface area (Å²) in [4.78, 5) is 25.4. The zero-order chi connectivity index (χ0) is 21.7. The van der Waals surface area contributed by atoms with Crippen molar-refractivity contribution in [2.75, 3.05) is 16.8 Å². The summed E-state index contributed by atoms with van der Waals surface area (Å²) in [6.45, 7) is 4.14. The number of alkyl halides is 2. The van der Waals surface area contributed by atoms with Crippen molar-refractivity contribution in [3.8, 4) is 11.9 Å². The van der Waals surface area contributed by atoms with Crippen LogP contribution < -0.4 is 15.0 Å². The van der Waals surface area contributed by atoms with E-state index in [1.807, 2.05) is 11.0 Å². The number of rotatable bonds is 5. The molecule has 10 heteroatoms. The smallest absolute Gasteiger partial charge is 0.304 e. The van der Waals surface area contributed by atoms with E-state index >= 15 is 0 Å². The second kappa shape index (κ2) is 6.86. The molecule has 2 aromatic heterocycles.